The van der Waals surface area contributed by atoms with E-state index in [0.717, 1.165) is 11.0 Å². The van der Waals surface area contributed by atoms with Crippen LogP contribution >= 0.6 is 11.3 Å². The van der Waals surface area contributed by atoms with Gasteiger partial charge in [-0.1, -0.05) is 0 Å². The molecule has 1 heterocycles. The van der Waals surface area contributed by atoms with E-state index in [9.17, 15) is 14.4 Å². The maximum absolute atomic E-state index is 11.4. The quantitative estimate of drug-likeness (QED) is 0.709. The molecule has 18 heavy (non-hydrogen) atoms. The fraction of sp³-hybridized carbons (Fsp3) is 0.182. The average molecular weight is 268 g/mol. The van der Waals surface area contributed by atoms with E-state index >= 15 is 0 Å². The van der Waals surface area contributed by atoms with Gasteiger partial charge in [0, 0.05) is 17.0 Å². The first-order valence-electron chi connectivity index (χ1n) is 4.94. The Labute approximate surface area is 107 Å². The van der Waals surface area contributed by atoms with Crippen LogP contribution in [-0.2, 0) is 9.59 Å². The third kappa shape index (κ3) is 3.17. The smallest absolute Gasteiger partial charge is 0.328 e. The Morgan fingerprint density at radius 1 is 1.28 bits per heavy atom. The first kappa shape index (κ1) is 13.9. The van der Waals surface area contributed by atoms with Crippen molar-refractivity contribution < 1.29 is 19.5 Å². The highest BCUT2D eigenvalue weighted by molar-refractivity contribution is 7.16. The minimum Gasteiger partial charge on any atom is -0.478 e. The fourth-order valence-corrected chi connectivity index (χ4v) is 2.38. The molecule has 1 rings (SSSR count). The molecule has 0 bridgehead atoms. The summed E-state index contributed by atoms with van der Waals surface area (Å²) in [5.74, 6) is -2.48. The molecule has 2 amide bonds. The fourth-order valence-electron chi connectivity index (χ4n) is 1.31. The Kier molecular flexibility index (Phi) is 4.22. The Hall–Kier alpha value is -2.15. The molecule has 1 aromatic heterocycles. The van der Waals surface area contributed by atoms with Crippen LogP contribution in [0.1, 0.15) is 20.8 Å². The second kappa shape index (κ2) is 5.46. The van der Waals surface area contributed by atoms with Crippen LogP contribution in [0.4, 0.5) is 5.00 Å². The molecule has 6 nitrogen and oxygen atoms in total. The number of rotatable bonds is 4. The summed E-state index contributed by atoms with van der Waals surface area (Å²) < 4.78 is 0. The van der Waals surface area contributed by atoms with Gasteiger partial charge in [0.15, 0.2) is 0 Å². The van der Waals surface area contributed by atoms with Gasteiger partial charge in [0.2, 0.25) is 5.91 Å². The van der Waals surface area contributed by atoms with Gasteiger partial charge >= 0.3 is 5.97 Å². The number of anilines is 1. The molecule has 0 aromatic carbocycles. The lowest BCUT2D eigenvalue weighted by molar-refractivity contribution is -0.131. The minimum atomic E-state index is -1.22. The number of amides is 2. The molecule has 0 fully saturated rings. The molecule has 96 valence electrons. The lowest BCUT2D eigenvalue weighted by Crippen LogP contribution is -2.16. The predicted molar refractivity (Wildman–Crippen MR) is 67.7 cm³/mol. The molecule has 0 aliphatic carbocycles. The average Bonchev–Trinajstić information content (AvgIpc) is 2.51. The van der Waals surface area contributed by atoms with Crippen LogP contribution in [0.3, 0.4) is 0 Å². The number of primary amides is 1. The van der Waals surface area contributed by atoms with Crippen molar-refractivity contribution in [1.29, 1.82) is 0 Å². The standard InChI is InChI=1S/C11H12N2O4S/c1-5-6(2)18-11(9(5)10(12)17)13-7(14)3-4-8(15)16/h3-4H,1-2H3,(H2,12,17)(H,13,14)(H,15,16)/b4-3-. The third-order valence-electron chi connectivity index (χ3n) is 2.25. The van der Waals surface area contributed by atoms with Crippen molar-refractivity contribution >= 4 is 34.1 Å². The highest BCUT2D eigenvalue weighted by atomic mass is 32.1. The number of carbonyl (C=O) groups is 3. The number of carboxylic acid groups (broad SMARTS) is 1. The van der Waals surface area contributed by atoms with E-state index in [2.05, 4.69) is 5.32 Å². The van der Waals surface area contributed by atoms with Crippen molar-refractivity contribution in [1.82, 2.24) is 0 Å². The largest absolute Gasteiger partial charge is 0.478 e. The monoisotopic (exact) mass is 268 g/mol. The summed E-state index contributed by atoms with van der Waals surface area (Å²) >= 11 is 1.22. The van der Waals surface area contributed by atoms with E-state index in [1.54, 1.807) is 13.8 Å². The van der Waals surface area contributed by atoms with Crippen LogP contribution in [0.5, 0.6) is 0 Å². The lowest BCUT2D eigenvalue weighted by Gasteiger charge is -2.01. The van der Waals surface area contributed by atoms with Crippen molar-refractivity contribution in [3.05, 3.63) is 28.2 Å². The molecule has 0 radical (unpaired) electrons. The van der Waals surface area contributed by atoms with Gasteiger partial charge in [-0.3, -0.25) is 9.59 Å². The summed E-state index contributed by atoms with van der Waals surface area (Å²) in [5, 5.41) is 11.1. The summed E-state index contributed by atoms with van der Waals surface area (Å²) in [6, 6.07) is 0. The number of aliphatic carboxylic acids is 1. The van der Waals surface area contributed by atoms with E-state index in [1.165, 1.54) is 11.3 Å². The lowest BCUT2D eigenvalue weighted by atomic mass is 10.1. The molecule has 0 atom stereocenters. The van der Waals surface area contributed by atoms with Crippen LogP contribution < -0.4 is 11.1 Å². The topological polar surface area (TPSA) is 109 Å². The third-order valence-corrected chi connectivity index (χ3v) is 3.37. The highest BCUT2D eigenvalue weighted by Crippen LogP contribution is 2.31. The predicted octanol–water partition coefficient (Wildman–Crippen LogP) is 1.04. The van der Waals surface area contributed by atoms with Crippen molar-refractivity contribution in [2.45, 2.75) is 13.8 Å². The number of aryl methyl sites for hydroxylation is 1. The molecule has 7 heteroatoms. The Morgan fingerprint density at radius 3 is 2.39 bits per heavy atom. The normalized spacial score (nSPS) is 10.6. The van der Waals surface area contributed by atoms with Crippen LogP contribution in [0.2, 0.25) is 0 Å². The highest BCUT2D eigenvalue weighted by Gasteiger charge is 2.18. The van der Waals surface area contributed by atoms with Gasteiger partial charge in [0.1, 0.15) is 5.00 Å². The van der Waals surface area contributed by atoms with Gasteiger partial charge in [0.05, 0.1) is 5.56 Å². The molecular formula is C11H12N2O4S. The van der Waals surface area contributed by atoms with Gasteiger partial charge in [-0.15, -0.1) is 11.3 Å². The van der Waals surface area contributed by atoms with Crippen molar-refractivity contribution in [2.24, 2.45) is 5.73 Å². The number of nitrogens with one attached hydrogen (secondary N) is 1. The van der Waals surface area contributed by atoms with Gasteiger partial charge in [-0.25, -0.2) is 4.79 Å². The zero-order chi connectivity index (χ0) is 13.9. The summed E-state index contributed by atoms with van der Waals surface area (Å²) in [6.45, 7) is 3.53. The molecule has 4 N–H and O–H groups in total. The summed E-state index contributed by atoms with van der Waals surface area (Å²) in [6.07, 6.45) is 1.59. The van der Waals surface area contributed by atoms with E-state index in [0.29, 0.717) is 16.6 Å². The summed E-state index contributed by atoms with van der Waals surface area (Å²) in [7, 11) is 0. The summed E-state index contributed by atoms with van der Waals surface area (Å²) in [5.41, 5.74) is 6.20. The number of hydrogen-bond donors (Lipinski definition) is 3. The number of thiophene rings is 1. The van der Waals surface area contributed by atoms with Gasteiger partial charge in [0.25, 0.3) is 5.91 Å². The Balaban J connectivity index is 2.98. The van der Waals surface area contributed by atoms with E-state index in [4.69, 9.17) is 10.8 Å². The van der Waals surface area contributed by atoms with Crippen LogP contribution in [-0.4, -0.2) is 22.9 Å². The Bertz CT molecular complexity index is 545. The number of carboxylic acids is 1. The maximum Gasteiger partial charge on any atom is 0.328 e. The molecule has 0 aliphatic rings. The Morgan fingerprint density at radius 2 is 1.89 bits per heavy atom. The van der Waals surface area contributed by atoms with Crippen LogP contribution in [0.15, 0.2) is 12.2 Å². The SMILES string of the molecule is Cc1sc(NC(=O)/C=C\C(=O)O)c(C(N)=O)c1C. The van der Waals surface area contributed by atoms with E-state index in [-0.39, 0.29) is 5.56 Å². The number of hydrogen-bond acceptors (Lipinski definition) is 4. The second-order valence-corrected chi connectivity index (χ2v) is 4.74. The van der Waals surface area contributed by atoms with E-state index < -0.39 is 17.8 Å². The van der Waals surface area contributed by atoms with Gasteiger partial charge in [-0.05, 0) is 19.4 Å². The molecule has 0 saturated carbocycles. The molecule has 0 aliphatic heterocycles. The molecule has 1 aromatic rings. The molecular weight excluding hydrogens is 256 g/mol. The zero-order valence-corrected chi connectivity index (χ0v) is 10.6. The van der Waals surface area contributed by atoms with Gasteiger partial charge < -0.3 is 16.2 Å². The van der Waals surface area contributed by atoms with Gasteiger partial charge in [-0.2, -0.15) is 0 Å². The van der Waals surface area contributed by atoms with Crippen molar-refractivity contribution in [2.75, 3.05) is 5.32 Å². The van der Waals surface area contributed by atoms with Crippen molar-refractivity contribution in [3.63, 3.8) is 0 Å². The molecule has 0 spiro atoms. The maximum atomic E-state index is 11.4. The zero-order valence-electron chi connectivity index (χ0n) is 9.81. The van der Waals surface area contributed by atoms with Crippen LogP contribution in [0, 0.1) is 13.8 Å². The molecule has 0 saturated heterocycles. The number of carbonyl (C=O) groups excluding carboxylic acids is 2. The first-order chi connectivity index (χ1) is 8.32. The number of nitrogens with two attached hydrogens (primary N) is 1. The molecule has 0 unspecified atom stereocenters. The van der Waals surface area contributed by atoms with Crippen LogP contribution in [0.25, 0.3) is 0 Å². The minimum absolute atomic E-state index is 0.259. The van der Waals surface area contributed by atoms with Crippen molar-refractivity contribution in [3.8, 4) is 0 Å². The first-order valence-corrected chi connectivity index (χ1v) is 5.76. The van der Waals surface area contributed by atoms with E-state index in [1.807, 2.05) is 0 Å². The summed E-state index contributed by atoms with van der Waals surface area (Å²) in [4.78, 5) is 33.8. The second-order valence-electron chi connectivity index (χ2n) is 3.51.